The molecule has 1 saturated heterocycles. The summed E-state index contributed by atoms with van der Waals surface area (Å²) in [6, 6.07) is 6.97. The fraction of sp³-hybridized carbons (Fsp3) is 0.500. The predicted octanol–water partition coefficient (Wildman–Crippen LogP) is 4.17. The highest BCUT2D eigenvalue weighted by atomic mass is 32.2. The van der Waals surface area contributed by atoms with Gasteiger partial charge in [-0.2, -0.15) is 0 Å². The van der Waals surface area contributed by atoms with Gasteiger partial charge in [-0.1, -0.05) is 35.2 Å². The molecule has 1 aromatic heterocycles. The Morgan fingerprint density at radius 3 is 2.65 bits per heavy atom. The molecule has 2 aromatic rings. The number of halogens is 1. The zero-order chi connectivity index (χ0) is 18.5. The normalized spacial score (nSPS) is 20.2. The third-order valence-electron chi connectivity index (χ3n) is 4.56. The number of piperidine rings is 1. The van der Waals surface area contributed by atoms with Crippen molar-refractivity contribution in [3.05, 3.63) is 35.6 Å². The first-order valence-corrected chi connectivity index (χ1v) is 10.6. The molecule has 0 spiro atoms. The standard InChI is InChI=1S/C18H23FN4OS2/c1-12-4-3-5-13(2)23(12)16(24)11-25-18-22-21-17(26-18)20-10-14-6-8-15(19)9-7-14/h6-9,12-13H,3-5,10-11H2,1-2H3,(H,20,21)/t12-,13+. The van der Waals surface area contributed by atoms with Crippen molar-refractivity contribution in [1.82, 2.24) is 15.1 Å². The number of hydrogen-bond donors (Lipinski definition) is 1. The summed E-state index contributed by atoms with van der Waals surface area (Å²) in [5, 5.41) is 12.1. The van der Waals surface area contributed by atoms with Gasteiger partial charge in [0.2, 0.25) is 11.0 Å². The van der Waals surface area contributed by atoms with E-state index in [1.807, 2.05) is 4.90 Å². The van der Waals surface area contributed by atoms with Gasteiger partial charge in [0.05, 0.1) is 5.75 Å². The molecule has 2 heterocycles. The molecular weight excluding hydrogens is 371 g/mol. The van der Waals surface area contributed by atoms with Crippen LogP contribution in [0.5, 0.6) is 0 Å². The molecule has 140 valence electrons. The van der Waals surface area contributed by atoms with E-state index in [9.17, 15) is 9.18 Å². The minimum atomic E-state index is -0.245. The molecule has 2 atom stereocenters. The molecule has 8 heteroatoms. The van der Waals surface area contributed by atoms with E-state index in [1.165, 1.54) is 41.7 Å². The van der Waals surface area contributed by atoms with Gasteiger partial charge in [-0.15, -0.1) is 10.2 Å². The van der Waals surface area contributed by atoms with Crippen LogP contribution in [0.15, 0.2) is 28.6 Å². The van der Waals surface area contributed by atoms with Crippen LogP contribution in [-0.4, -0.2) is 38.8 Å². The smallest absolute Gasteiger partial charge is 0.233 e. The summed E-state index contributed by atoms with van der Waals surface area (Å²) in [4.78, 5) is 14.6. The van der Waals surface area contributed by atoms with E-state index in [4.69, 9.17) is 0 Å². The van der Waals surface area contributed by atoms with Crippen molar-refractivity contribution in [2.75, 3.05) is 11.1 Å². The Balaban J connectivity index is 1.48. The van der Waals surface area contributed by atoms with Crippen molar-refractivity contribution < 1.29 is 9.18 Å². The van der Waals surface area contributed by atoms with Crippen LogP contribution in [-0.2, 0) is 11.3 Å². The maximum Gasteiger partial charge on any atom is 0.233 e. The number of thioether (sulfide) groups is 1. The van der Waals surface area contributed by atoms with Crippen molar-refractivity contribution in [2.24, 2.45) is 0 Å². The number of amides is 1. The van der Waals surface area contributed by atoms with Crippen LogP contribution in [0, 0.1) is 5.82 Å². The highest BCUT2D eigenvalue weighted by molar-refractivity contribution is 8.01. The molecule has 1 fully saturated rings. The van der Waals surface area contributed by atoms with E-state index >= 15 is 0 Å². The van der Waals surface area contributed by atoms with E-state index in [0.717, 1.165) is 22.7 Å². The lowest BCUT2D eigenvalue weighted by Crippen LogP contribution is -2.48. The average Bonchev–Trinajstić information content (AvgIpc) is 3.07. The summed E-state index contributed by atoms with van der Waals surface area (Å²) in [6.45, 7) is 4.81. The van der Waals surface area contributed by atoms with Gasteiger partial charge in [0, 0.05) is 18.6 Å². The first kappa shape index (κ1) is 19.1. The first-order valence-electron chi connectivity index (χ1n) is 8.78. The maximum atomic E-state index is 12.9. The summed E-state index contributed by atoms with van der Waals surface area (Å²) in [6.07, 6.45) is 3.35. The van der Waals surface area contributed by atoms with E-state index in [0.29, 0.717) is 29.5 Å². The van der Waals surface area contributed by atoms with Crippen molar-refractivity contribution >= 4 is 34.1 Å². The first-order chi connectivity index (χ1) is 12.5. The second-order valence-corrected chi connectivity index (χ2v) is 8.77. The quantitative estimate of drug-likeness (QED) is 0.745. The number of aromatic nitrogens is 2. The topological polar surface area (TPSA) is 58.1 Å². The molecule has 1 aliphatic heterocycles. The lowest BCUT2D eigenvalue weighted by molar-refractivity contribution is -0.134. The van der Waals surface area contributed by atoms with Gasteiger partial charge >= 0.3 is 0 Å². The van der Waals surface area contributed by atoms with Crippen molar-refractivity contribution in [3.63, 3.8) is 0 Å². The van der Waals surface area contributed by atoms with Gasteiger partial charge < -0.3 is 10.2 Å². The molecule has 26 heavy (non-hydrogen) atoms. The molecular formula is C18H23FN4OS2. The van der Waals surface area contributed by atoms with Gasteiger partial charge in [-0.25, -0.2) is 4.39 Å². The molecule has 0 aliphatic carbocycles. The molecule has 1 aromatic carbocycles. The Bertz CT molecular complexity index is 727. The van der Waals surface area contributed by atoms with E-state index < -0.39 is 0 Å². The van der Waals surface area contributed by atoms with Crippen LogP contribution in [0.1, 0.15) is 38.7 Å². The summed E-state index contributed by atoms with van der Waals surface area (Å²) in [5.41, 5.74) is 0.971. The molecule has 1 aliphatic rings. The van der Waals surface area contributed by atoms with E-state index in [-0.39, 0.29) is 11.7 Å². The number of hydrogen-bond acceptors (Lipinski definition) is 6. The molecule has 5 nitrogen and oxygen atoms in total. The Kier molecular flexibility index (Phi) is 6.48. The number of nitrogens with zero attached hydrogens (tertiary/aromatic N) is 3. The molecule has 0 saturated carbocycles. The number of carbonyl (C=O) groups excluding carboxylic acids is 1. The van der Waals surface area contributed by atoms with E-state index in [2.05, 4.69) is 29.4 Å². The molecule has 1 amide bonds. The van der Waals surface area contributed by atoms with Gasteiger partial charge in [0.25, 0.3) is 0 Å². The summed E-state index contributed by atoms with van der Waals surface area (Å²) < 4.78 is 13.7. The Hall–Kier alpha value is -1.67. The number of nitrogens with one attached hydrogen (secondary N) is 1. The monoisotopic (exact) mass is 394 g/mol. The van der Waals surface area contributed by atoms with Gasteiger partial charge in [0.15, 0.2) is 4.34 Å². The van der Waals surface area contributed by atoms with Crippen LogP contribution in [0.25, 0.3) is 0 Å². The predicted molar refractivity (Wildman–Crippen MR) is 104 cm³/mol. The lowest BCUT2D eigenvalue weighted by atomic mass is 9.98. The molecule has 1 N–H and O–H groups in total. The number of likely N-dealkylation sites (tertiary alicyclic amines) is 1. The fourth-order valence-electron chi connectivity index (χ4n) is 3.23. The maximum absolute atomic E-state index is 12.9. The minimum Gasteiger partial charge on any atom is -0.356 e. The van der Waals surface area contributed by atoms with Crippen LogP contribution < -0.4 is 5.32 Å². The third-order valence-corrected chi connectivity index (χ3v) is 6.56. The minimum absolute atomic E-state index is 0.172. The van der Waals surface area contributed by atoms with Crippen molar-refractivity contribution in [3.8, 4) is 0 Å². The van der Waals surface area contributed by atoms with Crippen LogP contribution in [0.2, 0.25) is 0 Å². The Morgan fingerprint density at radius 2 is 1.96 bits per heavy atom. The number of rotatable bonds is 6. The van der Waals surface area contributed by atoms with Crippen molar-refractivity contribution in [2.45, 2.75) is 56.1 Å². The van der Waals surface area contributed by atoms with Gasteiger partial charge in [0.1, 0.15) is 5.82 Å². The van der Waals surface area contributed by atoms with Crippen LogP contribution in [0.3, 0.4) is 0 Å². The van der Waals surface area contributed by atoms with E-state index in [1.54, 1.807) is 12.1 Å². The average molecular weight is 395 g/mol. The zero-order valence-electron chi connectivity index (χ0n) is 14.9. The van der Waals surface area contributed by atoms with Gasteiger partial charge in [-0.3, -0.25) is 4.79 Å². The fourth-order valence-corrected chi connectivity index (χ4v) is 4.85. The molecule has 3 rings (SSSR count). The molecule has 0 unspecified atom stereocenters. The Morgan fingerprint density at radius 1 is 1.27 bits per heavy atom. The van der Waals surface area contributed by atoms with Crippen LogP contribution in [0.4, 0.5) is 9.52 Å². The third kappa shape index (κ3) is 4.94. The zero-order valence-corrected chi connectivity index (χ0v) is 16.6. The summed E-state index contributed by atoms with van der Waals surface area (Å²) in [5.74, 6) is 0.317. The second kappa shape index (κ2) is 8.81. The molecule has 0 bridgehead atoms. The molecule has 0 radical (unpaired) electrons. The Labute approximate surface area is 161 Å². The number of carbonyl (C=O) groups is 1. The van der Waals surface area contributed by atoms with Gasteiger partial charge in [-0.05, 0) is 50.8 Å². The second-order valence-electron chi connectivity index (χ2n) is 6.57. The largest absolute Gasteiger partial charge is 0.356 e. The van der Waals surface area contributed by atoms with Crippen molar-refractivity contribution in [1.29, 1.82) is 0 Å². The summed E-state index contributed by atoms with van der Waals surface area (Å²) in [7, 11) is 0. The highest BCUT2D eigenvalue weighted by Crippen LogP contribution is 2.28. The highest BCUT2D eigenvalue weighted by Gasteiger charge is 2.28. The number of anilines is 1. The lowest BCUT2D eigenvalue weighted by Gasteiger charge is -2.39. The summed E-state index contributed by atoms with van der Waals surface area (Å²) >= 11 is 2.87. The number of benzene rings is 1. The SMILES string of the molecule is C[C@@H]1CCC[C@H](C)N1C(=O)CSc1nnc(NCc2ccc(F)cc2)s1. The van der Waals surface area contributed by atoms with Crippen LogP contribution >= 0.6 is 23.1 Å².